The van der Waals surface area contributed by atoms with Gasteiger partial charge in [0.25, 0.3) is 0 Å². The summed E-state index contributed by atoms with van der Waals surface area (Å²) in [7, 11) is 0. The van der Waals surface area contributed by atoms with E-state index in [1.807, 2.05) is 0 Å². The maximum absolute atomic E-state index is 11.3. The standard InChI is InChI=1S/C10H17NO/c1-7(12)9-4-2-3-8-5-6-10(9)11-8/h8-11H,2-6H2,1H3/t8-,9?,10-/m1/s1. The molecule has 1 N–H and O–H groups in total. The first-order valence-electron chi connectivity index (χ1n) is 5.04. The molecule has 1 unspecified atom stereocenters. The molecule has 0 spiro atoms. The molecule has 68 valence electrons. The van der Waals surface area contributed by atoms with E-state index >= 15 is 0 Å². The topological polar surface area (TPSA) is 29.1 Å². The second-order valence-electron chi connectivity index (χ2n) is 4.20. The molecule has 2 heterocycles. The van der Waals surface area contributed by atoms with Crippen LogP contribution in [0.2, 0.25) is 0 Å². The fourth-order valence-electron chi connectivity index (χ4n) is 2.67. The Labute approximate surface area is 73.7 Å². The van der Waals surface area contributed by atoms with Crippen molar-refractivity contribution in [3.8, 4) is 0 Å². The molecule has 2 saturated heterocycles. The highest BCUT2D eigenvalue weighted by Crippen LogP contribution is 2.30. The number of hydrogen-bond donors (Lipinski definition) is 1. The zero-order valence-electron chi connectivity index (χ0n) is 7.68. The summed E-state index contributed by atoms with van der Waals surface area (Å²) in [6.45, 7) is 1.74. The lowest BCUT2D eigenvalue weighted by Gasteiger charge is -2.18. The van der Waals surface area contributed by atoms with Crippen LogP contribution in [-0.2, 0) is 4.79 Å². The van der Waals surface area contributed by atoms with E-state index in [1.54, 1.807) is 6.92 Å². The first-order chi connectivity index (χ1) is 5.77. The quantitative estimate of drug-likeness (QED) is 0.641. The van der Waals surface area contributed by atoms with E-state index in [4.69, 9.17) is 0 Å². The average molecular weight is 167 g/mol. The largest absolute Gasteiger partial charge is 0.311 e. The SMILES string of the molecule is CC(=O)C1CCC[C@@H]2CC[C@H]1N2. The lowest BCUT2D eigenvalue weighted by atomic mass is 9.88. The zero-order chi connectivity index (χ0) is 8.55. The zero-order valence-corrected chi connectivity index (χ0v) is 7.68. The molecule has 0 saturated carbocycles. The van der Waals surface area contributed by atoms with Crippen molar-refractivity contribution >= 4 is 5.78 Å². The molecule has 0 radical (unpaired) electrons. The smallest absolute Gasteiger partial charge is 0.134 e. The molecule has 2 heteroatoms. The van der Waals surface area contributed by atoms with Crippen LogP contribution in [0.4, 0.5) is 0 Å². The Balaban J connectivity index is 2.08. The van der Waals surface area contributed by atoms with Gasteiger partial charge in [-0.15, -0.1) is 0 Å². The monoisotopic (exact) mass is 167 g/mol. The lowest BCUT2D eigenvalue weighted by Crippen LogP contribution is -2.35. The van der Waals surface area contributed by atoms with E-state index in [1.165, 1.54) is 25.7 Å². The Morgan fingerprint density at radius 3 is 2.83 bits per heavy atom. The maximum Gasteiger partial charge on any atom is 0.134 e. The summed E-state index contributed by atoms with van der Waals surface area (Å²) < 4.78 is 0. The summed E-state index contributed by atoms with van der Waals surface area (Å²) in [5, 5.41) is 3.56. The third kappa shape index (κ3) is 1.40. The van der Waals surface area contributed by atoms with Crippen molar-refractivity contribution in [1.29, 1.82) is 0 Å². The van der Waals surface area contributed by atoms with Gasteiger partial charge < -0.3 is 5.32 Å². The van der Waals surface area contributed by atoms with Gasteiger partial charge in [0.15, 0.2) is 0 Å². The lowest BCUT2D eigenvalue weighted by molar-refractivity contribution is -0.121. The van der Waals surface area contributed by atoms with Crippen molar-refractivity contribution in [3.05, 3.63) is 0 Å². The van der Waals surface area contributed by atoms with E-state index in [2.05, 4.69) is 5.32 Å². The van der Waals surface area contributed by atoms with Gasteiger partial charge in [0.05, 0.1) is 0 Å². The van der Waals surface area contributed by atoms with Crippen LogP contribution in [0.5, 0.6) is 0 Å². The van der Waals surface area contributed by atoms with Crippen LogP contribution in [0.15, 0.2) is 0 Å². The fourth-order valence-corrected chi connectivity index (χ4v) is 2.67. The molecule has 2 aliphatic rings. The minimum absolute atomic E-state index is 0.317. The summed E-state index contributed by atoms with van der Waals surface area (Å²) in [4.78, 5) is 11.3. The van der Waals surface area contributed by atoms with Gasteiger partial charge in [0, 0.05) is 18.0 Å². The van der Waals surface area contributed by atoms with Gasteiger partial charge in [-0.2, -0.15) is 0 Å². The van der Waals surface area contributed by atoms with Crippen LogP contribution in [0, 0.1) is 5.92 Å². The molecule has 2 bridgehead atoms. The molecule has 0 aromatic rings. The number of carbonyl (C=O) groups excluding carboxylic acids is 1. The van der Waals surface area contributed by atoms with Gasteiger partial charge in [0.1, 0.15) is 5.78 Å². The van der Waals surface area contributed by atoms with Gasteiger partial charge >= 0.3 is 0 Å². The van der Waals surface area contributed by atoms with E-state index < -0.39 is 0 Å². The average Bonchev–Trinajstić information content (AvgIpc) is 2.30. The molecular weight excluding hydrogens is 150 g/mol. The van der Waals surface area contributed by atoms with Gasteiger partial charge in [0.2, 0.25) is 0 Å². The molecule has 0 aromatic heterocycles. The third-order valence-corrected chi connectivity index (χ3v) is 3.35. The van der Waals surface area contributed by atoms with Crippen molar-refractivity contribution in [1.82, 2.24) is 5.32 Å². The Hall–Kier alpha value is -0.370. The number of Topliss-reactive ketones (excluding diaryl/α,β-unsaturated/α-hetero) is 1. The van der Waals surface area contributed by atoms with E-state index in [-0.39, 0.29) is 0 Å². The molecule has 0 aliphatic carbocycles. The highest BCUT2D eigenvalue weighted by molar-refractivity contribution is 5.79. The van der Waals surface area contributed by atoms with Gasteiger partial charge in [-0.25, -0.2) is 0 Å². The number of nitrogens with one attached hydrogen (secondary N) is 1. The minimum atomic E-state index is 0.317. The van der Waals surface area contributed by atoms with Crippen LogP contribution >= 0.6 is 0 Å². The van der Waals surface area contributed by atoms with Crippen LogP contribution in [0.3, 0.4) is 0 Å². The normalized spacial score (nSPS) is 40.9. The second-order valence-corrected chi connectivity index (χ2v) is 4.20. The summed E-state index contributed by atoms with van der Waals surface area (Å²) >= 11 is 0. The molecule has 3 atom stereocenters. The van der Waals surface area contributed by atoms with Crippen LogP contribution in [0.1, 0.15) is 39.0 Å². The Bertz CT molecular complexity index is 190. The molecule has 2 rings (SSSR count). The van der Waals surface area contributed by atoms with Crippen molar-refractivity contribution in [2.24, 2.45) is 5.92 Å². The summed E-state index contributed by atoms with van der Waals surface area (Å²) in [5.41, 5.74) is 0. The van der Waals surface area contributed by atoms with Crippen molar-refractivity contribution in [2.45, 2.75) is 51.1 Å². The molecular formula is C10H17NO. The highest BCUT2D eigenvalue weighted by Gasteiger charge is 2.34. The number of rotatable bonds is 1. The highest BCUT2D eigenvalue weighted by atomic mass is 16.1. The van der Waals surface area contributed by atoms with Crippen molar-refractivity contribution < 1.29 is 4.79 Å². The number of carbonyl (C=O) groups is 1. The predicted molar refractivity (Wildman–Crippen MR) is 48.0 cm³/mol. The third-order valence-electron chi connectivity index (χ3n) is 3.35. The Morgan fingerprint density at radius 1 is 1.25 bits per heavy atom. The Kier molecular flexibility index (Phi) is 2.18. The maximum atomic E-state index is 11.3. The van der Waals surface area contributed by atoms with Crippen LogP contribution < -0.4 is 5.32 Å². The fraction of sp³-hybridized carbons (Fsp3) is 0.900. The molecule has 12 heavy (non-hydrogen) atoms. The van der Waals surface area contributed by atoms with Gasteiger partial charge in [-0.3, -0.25) is 4.79 Å². The number of fused-ring (bicyclic) bond motifs is 2. The second kappa shape index (κ2) is 3.17. The van der Waals surface area contributed by atoms with E-state index in [9.17, 15) is 4.79 Å². The Morgan fingerprint density at radius 2 is 2.08 bits per heavy atom. The van der Waals surface area contributed by atoms with Crippen molar-refractivity contribution in [3.63, 3.8) is 0 Å². The molecule has 2 nitrogen and oxygen atoms in total. The van der Waals surface area contributed by atoms with E-state index in [0.29, 0.717) is 17.7 Å². The molecule has 0 aromatic carbocycles. The number of ketones is 1. The van der Waals surface area contributed by atoms with Gasteiger partial charge in [-0.05, 0) is 32.6 Å². The van der Waals surface area contributed by atoms with Crippen molar-refractivity contribution in [2.75, 3.05) is 0 Å². The predicted octanol–water partition coefficient (Wildman–Crippen LogP) is 1.50. The summed E-state index contributed by atoms with van der Waals surface area (Å²) in [5.74, 6) is 0.701. The number of hydrogen-bond acceptors (Lipinski definition) is 2. The summed E-state index contributed by atoms with van der Waals surface area (Å²) in [6, 6.07) is 1.23. The first-order valence-corrected chi connectivity index (χ1v) is 5.04. The molecule has 2 aliphatic heterocycles. The summed E-state index contributed by atoms with van der Waals surface area (Å²) in [6.07, 6.45) is 6.13. The van der Waals surface area contributed by atoms with E-state index in [0.717, 1.165) is 12.5 Å². The van der Waals surface area contributed by atoms with Crippen LogP contribution in [0.25, 0.3) is 0 Å². The first kappa shape index (κ1) is 8.24. The van der Waals surface area contributed by atoms with Crippen LogP contribution in [-0.4, -0.2) is 17.9 Å². The van der Waals surface area contributed by atoms with Gasteiger partial charge in [-0.1, -0.05) is 6.42 Å². The molecule has 0 amide bonds. The minimum Gasteiger partial charge on any atom is -0.311 e. The molecule has 2 fully saturated rings.